The number of hydrogen-bond acceptors (Lipinski definition) is 4. The van der Waals surface area contributed by atoms with Crippen LogP contribution < -0.4 is 5.32 Å². The molecule has 1 fully saturated rings. The Balaban J connectivity index is 2.05. The number of esters is 1. The van der Waals surface area contributed by atoms with Crippen LogP contribution >= 0.6 is 0 Å². The summed E-state index contributed by atoms with van der Waals surface area (Å²) in [6, 6.07) is 8.23. The molecule has 0 aromatic heterocycles. The molecule has 1 aromatic carbocycles. The topological polar surface area (TPSA) is 75.6 Å². The van der Waals surface area contributed by atoms with Gasteiger partial charge in [0.05, 0.1) is 18.6 Å². The van der Waals surface area contributed by atoms with E-state index in [-0.39, 0.29) is 12.3 Å². The fraction of sp³-hybridized carbons (Fsp3) is 0.385. The molecule has 5 heteroatoms. The van der Waals surface area contributed by atoms with Crippen LogP contribution in [0.3, 0.4) is 0 Å². The predicted octanol–water partition coefficient (Wildman–Crippen LogP) is 0.481. The van der Waals surface area contributed by atoms with E-state index >= 15 is 0 Å². The summed E-state index contributed by atoms with van der Waals surface area (Å²) in [5.74, 6) is -0.677. The maximum atomic E-state index is 11.9. The molecule has 18 heavy (non-hydrogen) atoms. The van der Waals surface area contributed by atoms with Gasteiger partial charge in [-0.15, -0.1) is 0 Å². The molecule has 0 saturated carbocycles. The average Bonchev–Trinajstić information content (AvgIpc) is 2.71. The standard InChI is InChI=1S/C13H15NO4/c1-8(15)12-10(7-11(16)18-12)14-13(17)9-5-3-2-4-6-9/h2-6,8,10,12,15H,7H2,1H3,(H,14,17)/t8-,10-,12+/m0/s1. The third-order valence-corrected chi connectivity index (χ3v) is 2.88. The fourth-order valence-corrected chi connectivity index (χ4v) is 1.99. The van der Waals surface area contributed by atoms with Crippen molar-refractivity contribution in [2.24, 2.45) is 0 Å². The van der Waals surface area contributed by atoms with Gasteiger partial charge in [0.1, 0.15) is 6.10 Å². The van der Waals surface area contributed by atoms with Gasteiger partial charge in [-0.3, -0.25) is 9.59 Å². The zero-order valence-corrected chi connectivity index (χ0v) is 10.00. The molecule has 0 unspecified atom stereocenters. The van der Waals surface area contributed by atoms with Gasteiger partial charge in [0, 0.05) is 5.56 Å². The first kappa shape index (κ1) is 12.6. The molecule has 1 aliphatic heterocycles. The Hall–Kier alpha value is -1.88. The Morgan fingerprint density at radius 1 is 1.44 bits per heavy atom. The van der Waals surface area contributed by atoms with Crippen LogP contribution in [0.4, 0.5) is 0 Å². The van der Waals surface area contributed by atoms with E-state index < -0.39 is 24.2 Å². The van der Waals surface area contributed by atoms with Gasteiger partial charge in [0.2, 0.25) is 0 Å². The molecule has 1 saturated heterocycles. The van der Waals surface area contributed by atoms with Crippen molar-refractivity contribution in [3.8, 4) is 0 Å². The molecule has 0 aliphatic carbocycles. The van der Waals surface area contributed by atoms with Crippen molar-refractivity contribution < 1.29 is 19.4 Å². The largest absolute Gasteiger partial charge is 0.457 e. The number of carbonyl (C=O) groups excluding carboxylic acids is 2. The summed E-state index contributed by atoms with van der Waals surface area (Å²) < 4.78 is 4.97. The molecule has 1 aromatic rings. The van der Waals surface area contributed by atoms with E-state index in [0.717, 1.165) is 0 Å². The predicted molar refractivity (Wildman–Crippen MR) is 63.9 cm³/mol. The minimum absolute atomic E-state index is 0.0914. The molecule has 0 bridgehead atoms. The Morgan fingerprint density at radius 2 is 2.11 bits per heavy atom. The number of ether oxygens (including phenoxy) is 1. The van der Waals surface area contributed by atoms with Crippen molar-refractivity contribution in [2.75, 3.05) is 0 Å². The molecule has 2 rings (SSSR count). The van der Waals surface area contributed by atoms with E-state index in [1.165, 1.54) is 6.92 Å². The maximum Gasteiger partial charge on any atom is 0.308 e. The summed E-state index contributed by atoms with van der Waals surface area (Å²) in [5.41, 5.74) is 0.515. The lowest BCUT2D eigenvalue weighted by atomic mass is 10.1. The Labute approximate surface area is 105 Å². The molecule has 5 nitrogen and oxygen atoms in total. The van der Waals surface area contributed by atoms with Crippen molar-refractivity contribution in [3.05, 3.63) is 35.9 Å². The number of amides is 1. The van der Waals surface area contributed by atoms with Crippen LogP contribution in [-0.2, 0) is 9.53 Å². The second-order valence-electron chi connectivity index (χ2n) is 4.35. The SMILES string of the molecule is C[C@H](O)[C@H]1OC(=O)C[C@@H]1NC(=O)c1ccccc1. The van der Waals surface area contributed by atoms with Gasteiger partial charge in [0.15, 0.2) is 0 Å². The number of aliphatic hydroxyl groups is 1. The first-order valence-electron chi connectivity index (χ1n) is 5.81. The monoisotopic (exact) mass is 249 g/mol. The van der Waals surface area contributed by atoms with Crippen LogP contribution in [0.1, 0.15) is 23.7 Å². The second-order valence-corrected chi connectivity index (χ2v) is 4.35. The normalized spacial score (nSPS) is 24.4. The molecule has 96 valence electrons. The van der Waals surface area contributed by atoms with E-state index in [0.29, 0.717) is 5.56 Å². The highest BCUT2D eigenvalue weighted by molar-refractivity contribution is 5.94. The van der Waals surface area contributed by atoms with E-state index in [1.807, 2.05) is 6.07 Å². The number of benzene rings is 1. The molecule has 0 radical (unpaired) electrons. The van der Waals surface area contributed by atoms with Crippen molar-refractivity contribution in [3.63, 3.8) is 0 Å². The van der Waals surface area contributed by atoms with E-state index in [4.69, 9.17) is 4.74 Å². The summed E-state index contributed by atoms with van der Waals surface area (Å²) in [6.07, 6.45) is -1.39. The number of cyclic esters (lactones) is 1. The second kappa shape index (κ2) is 5.18. The molecule has 1 heterocycles. The fourth-order valence-electron chi connectivity index (χ4n) is 1.99. The number of aliphatic hydroxyl groups excluding tert-OH is 1. The zero-order chi connectivity index (χ0) is 13.1. The molecular formula is C13H15NO4. The Morgan fingerprint density at radius 3 is 2.72 bits per heavy atom. The molecule has 1 amide bonds. The first-order chi connectivity index (χ1) is 8.58. The molecule has 3 atom stereocenters. The lowest BCUT2D eigenvalue weighted by Crippen LogP contribution is -2.44. The summed E-state index contributed by atoms with van der Waals surface area (Å²) >= 11 is 0. The van der Waals surface area contributed by atoms with E-state index in [2.05, 4.69) is 5.32 Å². The van der Waals surface area contributed by atoms with Crippen molar-refractivity contribution in [2.45, 2.75) is 31.6 Å². The highest BCUT2D eigenvalue weighted by Gasteiger charge is 2.38. The molecular weight excluding hydrogens is 234 g/mol. The van der Waals surface area contributed by atoms with Crippen molar-refractivity contribution in [1.29, 1.82) is 0 Å². The lowest BCUT2D eigenvalue weighted by molar-refractivity contribution is -0.145. The Kier molecular flexibility index (Phi) is 3.62. The number of nitrogens with one attached hydrogen (secondary N) is 1. The third-order valence-electron chi connectivity index (χ3n) is 2.88. The van der Waals surface area contributed by atoms with Gasteiger partial charge in [-0.25, -0.2) is 0 Å². The summed E-state index contributed by atoms with van der Waals surface area (Å²) in [7, 11) is 0. The highest BCUT2D eigenvalue weighted by Crippen LogP contribution is 2.18. The van der Waals surface area contributed by atoms with Crippen LogP contribution in [0.2, 0.25) is 0 Å². The molecule has 2 N–H and O–H groups in total. The molecule has 0 spiro atoms. The van der Waals surface area contributed by atoms with Crippen LogP contribution in [-0.4, -0.2) is 35.2 Å². The van der Waals surface area contributed by atoms with Crippen molar-refractivity contribution in [1.82, 2.24) is 5.32 Å². The smallest absolute Gasteiger partial charge is 0.308 e. The third kappa shape index (κ3) is 2.68. The summed E-state index contributed by atoms with van der Waals surface area (Å²) in [4.78, 5) is 23.1. The van der Waals surface area contributed by atoms with Crippen LogP contribution in [0, 0.1) is 0 Å². The zero-order valence-electron chi connectivity index (χ0n) is 10.00. The van der Waals surface area contributed by atoms with Crippen LogP contribution in [0.15, 0.2) is 30.3 Å². The Bertz CT molecular complexity index is 444. The van der Waals surface area contributed by atoms with Gasteiger partial charge in [0.25, 0.3) is 5.91 Å². The minimum Gasteiger partial charge on any atom is -0.457 e. The van der Waals surface area contributed by atoms with Crippen LogP contribution in [0.25, 0.3) is 0 Å². The summed E-state index contributed by atoms with van der Waals surface area (Å²) in [5, 5.41) is 12.2. The van der Waals surface area contributed by atoms with Crippen LogP contribution in [0.5, 0.6) is 0 Å². The quantitative estimate of drug-likeness (QED) is 0.764. The highest BCUT2D eigenvalue weighted by atomic mass is 16.6. The van der Waals surface area contributed by atoms with E-state index in [1.54, 1.807) is 24.3 Å². The van der Waals surface area contributed by atoms with Crippen molar-refractivity contribution >= 4 is 11.9 Å². The van der Waals surface area contributed by atoms with Gasteiger partial charge in [-0.1, -0.05) is 18.2 Å². The first-order valence-corrected chi connectivity index (χ1v) is 5.81. The lowest BCUT2D eigenvalue weighted by Gasteiger charge is -2.20. The maximum absolute atomic E-state index is 11.9. The van der Waals surface area contributed by atoms with E-state index in [9.17, 15) is 14.7 Å². The van der Waals surface area contributed by atoms with Gasteiger partial charge in [-0.05, 0) is 19.1 Å². The summed E-state index contributed by atoms with van der Waals surface area (Å²) in [6.45, 7) is 1.53. The minimum atomic E-state index is -0.808. The molecule has 1 aliphatic rings. The number of rotatable bonds is 3. The van der Waals surface area contributed by atoms with Gasteiger partial charge >= 0.3 is 5.97 Å². The average molecular weight is 249 g/mol. The number of carbonyl (C=O) groups is 2. The number of hydrogen-bond donors (Lipinski definition) is 2. The van der Waals surface area contributed by atoms with Gasteiger partial charge < -0.3 is 15.2 Å². The van der Waals surface area contributed by atoms with Gasteiger partial charge in [-0.2, -0.15) is 0 Å².